The number of fused-ring (bicyclic) bond motifs is 1. The molecule has 7 nitrogen and oxygen atoms in total. The fraction of sp³-hybridized carbons (Fsp3) is 0.300. The molecule has 154 valence electrons. The summed E-state index contributed by atoms with van der Waals surface area (Å²) in [5.74, 6) is -0.112. The summed E-state index contributed by atoms with van der Waals surface area (Å²) in [5, 5.41) is -0.121. The maximum Gasteiger partial charge on any atom is 0.261 e. The minimum absolute atomic E-state index is 0.0670. The quantitative estimate of drug-likeness (QED) is 0.701. The van der Waals surface area contributed by atoms with Gasteiger partial charge in [0.15, 0.2) is 10.9 Å². The lowest BCUT2D eigenvalue weighted by molar-refractivity contribution is -0.109. The van der Waals surface area contributed by atoms with Crippen molar-refractivity contribution in [1.29, 1.82) is 0 Å². The van der Waals surface area contributed by atoms with Gasteiger partial charge in [0.2, 0.25) is 0 Å². The van der Waals surface area contributed by atoms with E-state index < -0.39 is 10.0 Å². The lowest BCUT2D eigenvalue weighted by atomic mass is 10.1. The van der Waals surface area contributed by atoms with E-state index >= 15 is 0 Å². The fourth-order valence-corrected chi connectivity index (χ4v) is 4.61. The van der Waals surface area contributed by atoms with Crippen molar-refractivity contribution in [3.05, 3.63) is 48.0 Å². The SMILES string of the molecule is CC(=O)SCC(=O)c1ccc(NS(=O)(=O)c2ccc3c(c2)N(C)CCN3C)cc1. The van der Waals surface area contributed by atoms with E-state index in [4.69, 9.17) is 0 Å². The number of nitrogens with one attached hydrogen (secondary N) is 1. The zero-order valence-corrected chi connectivity index (χ0v) is 18.1. The molecule has 29 heavy (non-hydrogen) atoms. The summed E-state index contributed by atoms with van der Waals surface area (Å²) < 4.78 is 28.2. The Balaban J connectivity index is 1.77. The largest absolute Gasteiger partial charge is 0.371 e. The molecular formula is C20H23N3O4S2. The molecule has 1 N–H and O–H groups in total. The van der Waals surface area contributed by atoms with Crippen LogP contribution in [0.4, 0.5) is 17.1 Å². The van der Waals surface area contributed by atoms with Crippen LogP contribution in [0.5, 0.6) is 0 Å². The highest BCUT2D eigenvalue weighted by atomic mass is 32.2. The Bertz CT molecular complexity index is 1040. The van der Waals surface area contributed by atoms with E-state index in [9.17, 15) is 18.0 Å². The molecule has 2 aromatic carbocycles. The molecule has 0 spiro atoms. The number of nitrogens with zero attached hydrogens (tertiary/aromatic N) is 2. The number of likely N-dealkylation sites (N-methyl/N-ethyl adjacent to an activating group) is 2. The molecule has 0 fully saturated rings. The molecule has 1 heterocycles. The summed E-state index contributed by atoms with van der Waals surface area (Å²) in [6.45, 7) is 3.11. The first-order valence-corrected chi connectivity index (χ1v) is 11.5. The van der Waals surface area contributed by atoms with Crippen LogP contribution in [0.1, 0.15) is 17.3 Å². The molecule has 1 aliphatic rings. The maximum absolute atomic E-state index is 12.8. The summed E-state index contributed by atoms with van der Waals surface area (Å²) in [6, 6.07) is 11.3. The molecule has 0 amide bonds. The Morgan fingerprint density at radius 2 is 1.62 bits per heavy atom. The predicted molar refractivity (Wildman–Crippen MR) is 118 cm³/mol. The van der Waals surface area contributed by atoms with Gasteiger partial charge in [-0.25, -0.2) is 8.42 Å². The van der Waals surface area contributed by atoms with E-state index in [1.54, 1.807) is 36.4 Å². The number of rotatable bonds is 6. The van der Waals surface area contributed by atoms with Crippen LogP contribution < -0.4 is 14.5 Å². The second kappa shape index (κ2) is 8.46. The number of hydrogen-bond donors (Lipinski definition) is 1. The van der Waals surface area contributed by atoms with Crippen LogP contribution in [0.15, 0.2) is 47.4 Å². The summed E-state index contributed by atoms with van der Waals surface area (Å²) in [4.78, 5) is 27.3. The summed E-state index contributed by atoms with van der Waals surface area (Å²) in [7, 11) is 0.151. The highest BCUT2D eigenvalue weighted by molar-refractivity contribution is 8.14. The van der Waals surface area contributed by atoms with Gasteiger partial charge in [-0.05, 0) is 42.5 Å². The average Bonchev–Trinajstić information content (AvgIpc) is 2.69. The van der Waals surface area contributed by atoms with Crippen molar-refractivity contribution in [3.8, 4) is 0 Å². The molecule has 0 aliphatic carbocycles. The van der Waals surface area contributed by atoms with Gasteiger partial charge >= 0.3 is 0 Å². The lowest BCUT2D eigenvalue weighted by Crippen LogP contribution is -2.36. The van der Waals surface area contributed by atoms with Crippen LogP contribution in [-0.2, 0) is 14.8 Å². The molecular weight excluding hydrogens is 410 g/mol. The van der Waals surface area contributed by atoms with Crippen molar-refractivity contribution in [2.45, 2.75) is 11.8 Å². The average molecular weight is 434 g/mol. The van der Waals surface area contributed by atoms with Crippen molar-refractivity contribution in [2.24, 2.45) is 0 Å². The van der Waals surface area contributed by atoms with E-state index in [1.165, 1.54) is 6.92 Å². The molecule has 0 saturated carbocycles. The van der Waals surface area contributed by atoms with Crippen molar-refractivity contribution >= 4 is 49.7 Å². The van der Waals surface area contributed by atoms with Crippen molar-refractivity contribution in [3.63, 3.8) is 0 Å². The molecule has 0 aromatic heterocycles. The summed E-state index contributed by atoms with van der Waals surface area (Å²) >= 11 is 0.950. The van der Waals surface area contributed by atoms with E-state index in [0.717, 1.165) is 36.2 Å². The summed E-state index contributed by atoms with van der Waals surface area (Å²) in [5.41, 5.74) is 2.65. The van der Waals surface area contributed by atoms with Crippen LogP contribution in [0.25, 0.3) is 0 Å². The number of thioether (sulfide) groups is 1. The molecule has 0 atom stereocenters. The topological polar surface area (TPSA) is 86.8 Å². The molecule has 2 aromatic rings. The van der Waals surface area contributed by atoms with Crippen LogP contribution in [0.3, 0.4) is 0 Å². The van der Waals surface area contributed by atoms with Gasteiger partial charge in [-0.1, -0.05) is 11.8 Å². The Hall–Kier alpha value is -2.52. The van der Waals surface area contributed by atoms with Crippen LogP contribution >= 0.6 is 11.8 Å². The molecule has 1 aliphatic heterocycles. The molecule has 3 rings (SSSR count). The van der Waals surface area contributed by atoms with E-state index in [1.807, 2.05) is 25.1 Å². The van der Waals surface area contributed by atoms with E-state index in [-0.39, 0.29) is 21.5 Å². The Labute approximate surface area is 175 Å². The fourth-order valence-electron chi connectivity index (χ4n) is 3.03. The molecule has 0 radical (unpaired) electrons. The molecule has 0 unspecified atom stereocenters. The maximum atomic E-state index is 12.8. The number of Topliss-reactive ketones (excluding diaryl/α,β-unsaturated/α-hetero) is 1. The van der Waals surface area contributed by atoms with Crippen molar-refractivity contribution < 1.29 is 18.0 Å². The zero-order chi connectivity index (χ0) is 21.2. The van der Waals surface area contributed by atoms with Crippen LogP contribution in [-0.4, -0.2) is 52.3 Å². The minimum atomic E-state index is -3.77. The number of hydrogen-bond acceptors (Lipinski definition) is 7. The first-order chi connectivity index (χ1) is 13.7. The van der Waals surface area contributed by atoms with Gasteiger partial charge in [0.25, 0.3) is 10.0 Å². The smallest absolute Gasteiger partial charge is 0.261 e. The number of sulfonamides is 1. The normalized spacial score (nSPS) is 13.8. The van der Waals surface area contributed by atoms with Gasteiger partial charge in [0.05, 0.1) is 22.0 Å². The van der Waals surface area contributed by atoms with Crippen molar-refractivity contribution in [2.75, 3.05) is 47.5 Å². The Morgan fingerprint density at radius 1 is 1.00 bits per heavy atom. The van der Waals surface area contributed by atoms with E-state index in [2.05, 4.69) is 9.62 Å². The monoisotopic (exact) mass is 433 g/mol. The second-order valence-corrected chi connectivity index (χ2v) is 9.71. The van der Waals surface area contributed by atoms with Gasteiger partial charge < -0.3 is 9.80 Å². The third-order valence-electron chi connectivity index (χ3n) is 4.72. The highest BCUT2D eigenvalue weighted by Gasteiger charge is 2.22. The standard InChI is InChI=1S/C20H23N3O4S2/c1-14(24)28-13-20(25)15-4-6-16(7-5-15)21-29(26,27)17-8-9-18-19(12-17)23(3)11-10-22(18)2/h4-9,12,21H,10-11,13H2,1-3H3. The second-order valence-electron chi connectivity index (χ2n) is 6.88. The number of anilines is 3. The van der Waals surface area contributed by atoms with Gasteiger partial charge in [0.1, 0.15) is 0 Å². The number of ketones is 1. The van der Waals surface area contributed by atoms with E-state index in [0.29, 0.717) is 11.3 Å². The Kier molecular flexibility index (Phi) is 6.18. The molecule has 9 heteroatoms. The van der Waals surface area contributed by atoms with Gasteiger partial charge in [-0.3, -0.25) is 14.3 Å². The first kappa shape index (κ1) is 21.2. The third-order valence-corrected chi connectivity index (χ3v) is 6.91. The molecule has 0 saturated heterocycles. The van der Waals surface area contributed by atoms with Gasteiger partial charge in [-0.2, -0.15) is 0 Å². The number of carbonyl (C=O) groups excluding carboxylic acids is 2. The van der Waals surface area contributed by atoms with Gasteiger partial charge in [-0.15, -0.1) is 0 Å². The Morgan fingerprint density at radius 3 is 2.24 bits per heavy atom. The lowest BCUT2D eigenvalue weighted by Gasteiger charge is -2.34. The minimum Gasteiger partial charge on any atom is -0.371 e. The predicted octanol–water partition coefficient (Wildman–Crippen LogP) is 2.84. The zero-order valence-electron chi connectivity index (χ0n) is 16.5. The third kappa shape index (κ3) is 4.91. The molecule has 0 bridgehead atoms. The van der Waals surface area contributed by atoms with Crippen LogP contribution in [0.2, 0.25) is 0 Å². The number of benzene rings is 2. The number of carbonyl (C=O) groups is 2. The van der Waals surface area contributed by atoms with Gasteiger partial charge in [0, 0.05) is 45.4 Å². The van der Waals surface area contributed by atoms with Crippen molar-refractivity contribution in [1.82, 2.24) is 0 Å². The first-order valence-electron chi connectivity index (χ1n) is 9.03. The highest BCUT2D eigenvalue weighted by Crippen LogP contribution is 2.33. The van der Waals surface area contributed by atoms with Crippen LogP contribution in [0, 0.1) is 0 Å². The summed E-state index contributed by atoms with van der Waals surface area (Å²) in [6.07, 6.45) is 0.